The number of nitrogen functional groups attached to an aromatic ring is 1. The van der Waals surface area contributed by atoms with E-state index in [1.54, 1.807) is 6.92 Å². The fourth-order valence-electron chi connectivity index (χ4n) is 1.97. The van der Waals surface area contributed by atoms with Crippen LogP contribution in [0.3, 0.4) is 0 Å². The molecular weight excluding hydrogens is 246 g/mol. The summed E-state index contributed by atoms with van der Waals surface area (Å²) in [5, 5.41) is 15.2. The zero-order valence-electron chi connectivity index (χ0n) is 11.4. The molecule has 0 saturated heterocycles. The van der Waals surface area contributed by atoms with Gasteiger partial charge in [-0.15, -0.1) is 4.91 Å². The molecule has 1 aromatic carbocycles. The van der Waals surface area contributed by atoms with Crippen LogP contribution in [0.5, 0.6) is 0 Å². The number of benzene rings is 1. The highest BCUT2D eigenvalue weighted by Gasteiger charge is 2.19. The molecule has 0 radical (unpaired) electrons. The number of carbonyl (C=O) groups is 1. The van der Waals surface area contributed by atoms with Crippen molar-refractivity contribution in [2.75, 3.05) is 11.1 Å². The van der Waals surface area contributed by atoms with Gasteiger partial charge in [0.15, 0.2) is 0 Å². The Morgan fingerprint density at radius 3 is 2.47 bits per heavy atom. The molecule has 0 atom stereocenters. The summed E-state index contributed by atoms with van der Waals surface area (Å²) in [7, 11) is 0. The van der Waals surface area contributed by atoms with Crippen molar-refractivity contribution in [2.24, 2.45) is 5.18 Å². The molecule has 1 aromatic rings. The van der Waals surface area contributed by atoms with Gasteiger partial charge in [0.1, 0.15) is 5.69 Å². The number of nitrogens with two attached hydrogens (primary N) is 1. The highest BCUT2D eigenvalue weighted by atomic mass is 16.4. The standard InChI is InChI=1S/C13H19N3O3/c1-4-8(5-2)15-12-10(14)6-9(13(17)18)7(3)11(12)16-19/h6,8,15H,4-5,14H2,1-3H3,(H,17,18). The minimum atomic E-state index is -1.12. The third-order valence-corrected chi connectivity index (χ3v) is 3.24. The molecule has 19 heavy (non-hydrogen) atoms. The molecule has 1 rings (SSSR count). The van der Waals surface area contributed by atoms with E-state index in [1.807, 2.05) is 13.8 Å². The van der Waals surface area contributed by atoms with E-state index in [1.165, 1.54) is 6.07 Å². The summed E-state index contributed by atoms with van der Waals surface area (Å²) in [6.45, 7) is 5.59. The third-order valence-electron chi connectivity index (χ3n) is 3.24. The van der Waals surface area contributed by atoms with Gasteiger partial charge in [-0.2, -0.15) is 0 Å². The average Bonchev–Trinajstić information content (AvgIpc) is 2.38. The van der Waals surface area contributed by atoms with Gasteiger partial charge in [0.05, 0.1) is 16.9 Å². The Morgan fingerprint density at radius 2 is 2.05 bits per heavy atom. The van der Waals surface area contributed by atoms with Gasteiger partial charge in [-0.25, -0.2) is 4.79 Å². The maximum Gasteiger partial charge on any atom is 0.336 e. The van der Waals surface area contributed by atoms with Crippen LogP contribution >= 0.6 is 0 Å². The molecule has 0 aromatic heterocycles. The summed E-state index contributed by atoms with van der Waals surface area (Å²) < 4.78 is 0. The third kappa shape index (κ3) is 3.01. The maximum absolute atomic E-state index is 11.1. The monoisotopic (exact) mass is 265 g/mol. The number of nitrogens with zero attached hydrogens (tertiary/aromatic N) is 1. The summed E-state index contributed by atoms with van der Waals surface area (Å²) in [6.07, 6.45) is 1.74. The van der Waals surface area contributed by atoms with Crippen LogP contribution in [0.25, 0.3) is 0 Å². The molecule has 0 unspecified atom stereocenters. The molecule has 0 fully saturated rings. The van der Waals surface area contributed by atoms with Crippen LogP contribution < -0.4 is 11.1 Å². The van der Waals surface area contributed by atoms with E-state index in [0.29, 0.717) is 11.3 Å². The molecule has 0 aliphatic carbocycles. The lowest BCUT2D eigenvalue weighted by atomic mass is 10.0. The number of carboxylic acids is 1. The Bertz CT molecular complexity index is 496. The van der Waals surface area contributed by atoms with Crippen LogP contribution in [-0.4, -0.2) is 17.1 Å². The molecule has 0 amide bonds. The zero-order chi connectivity index (χ0) is 14.6. The number of aromatic carboxylic acids is 1. The maximum atomic E-state index is 11.1. The molecule has 0 aliphatic heterocycles. The van der Waals surface area contributed by atoms with Crippen LogP contribution in [0.4, 0.5) is 17.1 Å². The van der Waals surface area contributed by atoms with Crippen molar-refractivity contribution in [2.45, 2.75) is 39.7 Å². The summed E-state index contributed by atoms with van der Waals surface area (Å²) in [5.41, 5.74) is 6.89. The number of hydrogen-bond acceptors (Lipinski definition) is 5. The largest absolute Gasteiger partial charge is 0.478 e. The first-order chi connectivity index (χ1) is 8.96. The van der Waals surface area contributed by atoms with Crippen molar-refractivity contribution in [3.05, 3.63) is 22.1 Å². The lowest BCUT2D eigenvalue weighted by Gasteiger charge is -2.20. The molecule has 0 saturated carbocycles. The first-order valence-electron chi connectivity index (χ1n) is 6.22. The first kappa shape index (κ1) is 14.9. The highest BCUT2D eigenvalue weighted by molar-refractivity contribution is 5.96. The van der Waals surface area contributed by atoms with E-state index in [4.69, 9.17) is 10.8 Å². The van der Waals surface area contributed by atoms with E-state index in [-0.39, 0.29) is 23.0 Å². The second-order valence-corrected chi connectivity index (χ2v) is 4.42. The van der Waals surface area contributed by atoms with Gasteiger partial charge >= 0.3 is 5.97 Å². The highest BCUT2D eigenvalue weighted by Crippen LogP contribution is 2.37. The van der Waals surface area contributed by atoms with E-state index >= 15 is 0 Å². The summed E-state index contributed by atoms with van der Waals surface area (Å²) >= 11 is 0. The van der Waals surface area contributed by atoms with Crippen molar-refractivity contribution < 1.29 is 9.90 Å². The molecule has 4 N–H and O–H groups in total. The number of anilines is 2. The van der Waals surface area contributed by atoms with Crippen molar-refractivity contribution in [1.82, 2.24) is 0 Å². The lowest BCUT2D eigenvalue weighted by molar-refractivity contribution is 0.0696. The van der Waals surface area contributed by atoms with E-state index in [9.17, 15) is 9.70 Å². The van der Waals surface area contributed by atoms with Crippen molar-refractivity contribution in [3.8, 4) is 0 Å². The Labute approximate surface area is 112 Å². The molecule has 104 valence electrons. The van der Waals surface area contributed by atoms with Crippen molar-refractivity contribution in [3.63, 3.8) is 0 Å². The number of carboxylic acid groups (broad SMARTS) is 1. The quantitative estimate of drug-likeness (QED) is 0.540. The van der Waals surface area contributed by atoms with E-state index < -0.39 is 5.97 Å². The van der Waals surface area contributed by atoms with Crippen LogP contribution in [0.1, 0.15) is 42.6 Å². The van der Waals surface area contributed by atoms with Gasteiger partial charge in [0.2, 0.25) is 0 Å². The molecular formula is C13H19N3O3. The first-order valence-corrected chi connectivity index (χ1v) is 6.22. The van der Waals surface area contributed by atoms with E-state index in [2.05, 4.69) is 10.5 Å². The molecule has 0 heterocycles. The lowest BCUT2D eigenvalue weighted by Crippen LogP contribution is -2.18. The fraction of sp³-hybridized carbons (Fsp3) is 0.462. The second-order valence-electron chi connectivity index (χ2n) is 4.42. The van der Waals surface area contributed by atoms with Gasteiger partial charge in [0.25, 0.3) is 0 Å². The van der Waals surface area contributed by atoms with Gasteiger partial charge in [-0.05, 0) is 36.6 Å². The Hall–Kier alpha value is -2.11. The molecule has 0 spiro atoms. The Kier molecular flexibility index (Phi) is 4.86. The Morgan fingerprint density at radius 1 is 1.47 bits per heavy atom. The molecule has 6 nitrogen and oxygen atoms in total. The number of rotatable bonds is 6. The predicted molar refractivity (Wildman–Crippen MR) is 76.0 cm³/mol. The zero-order valence-corrected chi connectivity index (χ0v) is 11.4. The summed E-state index contributed by atoms with van der Waals surface area (Å²) in [4.78, 5) is 22.1. The molecule has 0 aliphatic rings. The Balaban J connectivity index is 3.36. The smallest absolute Gasteiger partial charge is 0.336 e. The minimum Gasteiger partial charge on any atom is -0.478 e. The van der Waals surface area contributed by atoms with Crippen LogP contribution in [0, 0.1) is 11.8 Å². The van der Waals surface area contributed by atoms with Crippen molar-refractivity contribution in [1.29, 1.82) is 0 Å². The molecule has 0 bridgehead atoms. The van der Waals surface area contributed by atoms with Gasteiger partial charge in [0, 0.05) is 6.04 Å². The second kappa shape index (κ2) is 6.17. The van der Waals surface area contributed by atoms with Crippen molar-refractivity contribution >= 4 is 23.0 Å². The number of nitroso groups, excluding NO2 is 1. The van der Waals surface area contributed by atoms with Gasteiger partial charge in [-0.1, -0.05) is 13.8 Å². The minimum absolute atomic E-state index is 0.00203. The average molecular weight is 265 g/mol. The summed E-state index contributed by atoms with van der Waals surface area (Å²) in [6, 6.07) is 1.52. The predicted octanol–water partition coefficient (Wildman–Crippen LogP) is 3.27. The molecule has 6 heteroatoms. The fourth-order valence-corrected chi connectivity index (χ4v) is 1.97. The summed E-state index contributed by atoms with van der Waals surface area (Å²) in [5.74, 6) is -1.12. The van der Waals surface area contributed by atoms with Gasteiger partial charge < -0.3 is 16.2 Å². The topological polar surface area (TPSA) is 105 Å². The van der Waals surface area contributed by atoms with Gasteiger partial charge in [-0.3, -0.25) is 0 Å². The van der Waals surface area contributed by atoms with Crippen LogP contribution in [-0.2, 0) is 0 Å². The normalized spacial score (nSPS) is 10.5. The van der Waals surface area contributed by atoms with Crippen LogP contribution in [0.2, 0.25) is 0 Å². The number of hydrogen-bond donors (Lipinski definition) is 3. The van der Waals surface area contributed by atoms with E-state index in [0.717, 1.165) is 12.8 Å². The SMILES string of the molecule is CCC(CC)Nc1c(N)cc(C(=O)O)c(C)c1N=O. The van der Waals surface area contributed by atoms with Crippen LogP contribution in [0.15, 0.2) is 11.2 Å². The number of nitrogens with one attached hydrogen (secondary N) is 1.